The van der Waals surface area contributed by atoms with Crippen LogP contribution in [-0.2, 0) is 9.53 Å². The molecule has 1 amide bonds. The van der Waals surface area contributed by atoms with Gasteiger partial charge in [0.2, 0.25) is 0 Å². The van der Waals surface area contributed by atoms with E-state index in [9.17, 15) is 4.79 Å². The summed E-state index contributed by atoms with van der Waals surface area (Å²) in [5.74, 6) is 4.94. The molecular weight excluding hydrogens is 182 g/mol. The molecule has 1 aliphatic heterocycles. The second-order valence-corrected chi connectivity index (χ2v) is 3.90. The maximum atomic E-state index is 11.3. The average Bonchev–Trinajstić information content (AvgIpc) is 2.14. The molecule has 1 aliphatic rings. The van der Waals surface area contributed by atoms with Gasteiger partial charge in [-0.3, -0.25) is 15.1 Å². The number of carbonyl (C=O) groups is 1. The Balaban J connectivity index is 2.54. The zero-order valence-electron chi connectivity index (χ0n) is 8.99. The molecular formula is C9H19N3O2. The van der Waals surface area contributed by atoms with E-state index in [0.717, 1.165) is 13.1 Å². The van der Waals surface area contributed by atoms with Crippen LogP contribution in [-0.4, -0.2) is 42.1 Å². The van der Waals surface area contributed by atoms with Gasteiger partial charge in [0.1, 0.15) is 0 Å². The van der Waals surface area contributed by atoms with E-state index in [0.29, 0.717) is 0 Å². The second-order valence-electron chi connectivity index (χ2n) is 3.90. The first-order valence-electron chi connectivity index (χ1n) is 4.94. The maximum absolute atomic E-state index is 11.3. The average molecular weight is 201 g/mol. The molecule has 0 aromatic carbocycles. The first kappa shape index (κ1) is 11.4. The van der Waals surface area contributed by atoms with E-state index in [-0.39, 0.29) is 24.2 Å². The van der Waals surface area contributed by atoms with E-state index >= 15 is 0 Å². The molecule has 0 aliphatic carbocycles. The van der Waals surface area contributed by atoms with Crippen molar-refractivity contribution in [2.24, 2.45) is 5.84 Å². The first-order valence-corrected chi connectivity index (χ1v) is 4.94. The van der Waals surface area contributed by atoms with Gasteiger partial charge in [0, 0.05) is 13.1 Å². The van der Waals surface area contributed by atoms with Crippen LogP contribution in [0.4, 0.5) is 0 Å². The summed E-state index contributed by atoms with van der Waals surface area (Å²) in [5.41, 5.74) is 2.17. The van der Waals surface area contributed by atoms with Gasteiger partial charge in [0.05, 0.1) is 18.2 Å². The summed E-state index contributed by atoms with van der Waals surface area (Å²) in [7, 11) is 0. The summed E-state index contributed by atoms with van der Waals surface area (Å²) >= 11 is 0. The van der Waals surface area contributed by atoms with Crippen molar-refractivity contribution in [1.29, 1.82) is 0 Å². The van der Waals surface area contributed by atoms with Crippen LogP contribution in [0, 0.1) is 0 Å². The molecule has 1 heterocycles. The van der Waals surface area contributed by atoms with Crippen LogP contribution in [0.1, 0.15) is 20.8 Å². The van der Waals surface area contributed by atoms with Crippen molar-refractivity contribution in [3.05, 3.63) is 0 Å². The van der Waals surface area contributed by atoms with Gasteiger partial charge in [-0.2, -0.15) is 0 Å². The number of nitrogens with one attached hydrogen (secondary N) is 1. The molecule has 0 radical (unpaired) electrons. The molecule has 5 heteroatoms. The number of carbonyl (C=O) groups excluding carboxylic acids is 1. The molecule has 0 aromatic rings. The Labute approximate surface area is 84.5 Å². The molecule has 0 aromatic heterocycles. The largest absolute Gasteiger partial charge is 0.373 e. The maximum Gasteiger partial charge on any atom is 0.250 e. The summed E-state index contributed by atoms with van der Waals surface area (Å²) in [6.07, 6.45) is 0.346. The quantitative estimate of drug-likeness (QED) is 0.358. The molecule has 0 saturated carbocycles. The monoisotopic (exact) mass is 201 g/mol. The van der Waals surface area contributed by atoms with E-state index in [1.807, 2.05) is 20.8 Å². The number of ether oxygens (including phenoxy) is 1. The fraction of sp³-hybridized carbons (Fsp3) is 0.889. The van der Waals surface area contributed by atoms with Crippen molar-refractivity contribution >= 4 is 5.91 Å². The van der Waals surface area contributed by atoms with Gasteiger partial charge >= 0.3 is 0 Å². The van der Waals surface area contributed by atoms with Crippen LogP contribution >= 0.6 is 0 Å². The molecule has 5 nitrogen and oxygen atoms in total. The van der Waals surface area contributed by atoms with Crippen LogP contribution in [0.25, 0.3) is 0 Å². The van der Waals surface area contributed by atoms with Crippen molar-refractivity contribution in [3.8, 4) is 0 Å². The lowest BCUT2D eigenvalue weighted by molar-refractivity contribution is -0.131. The van der Waals surface area contributed by atoms with Crippen LogP contribution in [0.2, 0.25) is 0 Å². The number of amides is 1. The Bertz CT molecular complexity index is 200. The van der Waals surface area contributed by atoms with E-state index < -0.39 is 0 Å². The van der Waals surface area contributed by atoms with Crippen LogP contribution in [0.3, 0.4) is 0 Å². The lowest BCUT2D eigenvalue weighted by Crippen LogP contribution is -2.54. The van der Waals surface area contributed by atoms with E-state index in [1.165, 1.54) is 0 Å². The number of nitrogens with two attached hydrogens (primary N) is 1. The smallest absolute Gasteiger partial charge is 0.250 e. The van der Waals surface area contributed by atoms with E-state index in [2.05, 4.69) is 10.3 Å². The minimum atomic E-state index is -0.186. The molecule has 82 valence electrons. The highest BCUT2D eigenvalue weighted by Crippen LogP contribution is 2.13. The minimum absolute atomic E-state index is 0.147. The number of hydrogen-bond donors (Lipinski definition) is 2. The molecule has 0 unspecified atom stereocenters. The predicted molar refractivity (Wildman–Crippen MR) is 53.4 cm³/mol. The number of morpholine rings is 1. The van der Waals surface area contributed by atoms with Gasteiger partial charge in [-0.1, -0.05) is 0 Å². The number of hydrogen-bond acceptors (Lipinski definition) is 4. The van der Waals surface area contributed by atoms with Crippen LogP contribution in [0.15, 0.2) is 0 Å². The zero-order chi connectivity index (χ0) is 10.7. The van der Waals surface area contributed by atoms with Crippen LogP contribution in [0.5, 0.6) is 0 Å². The van der Waals surface area contributed by atoms with Crippen LogP contribution < -0.4 is 11.3 Å². The lowest BCUT2D eigenvalue weighted by Gasteiger charge is -2.37. The third-order valence-electron chi connectivity index (χ3n) is 2.52. The summed E-state index contributed by atoms with van der Waals surface area (Å²) in [6, 6.07) is -0.186. The van der Waals surface area contributed by atoms with Gasteiger partial charge in [0.25, 0.3) is 5.91 Å². The normalized spacial score (nSPS) is 31.1. The molecule has 0 spiro atoms. The molecule has 1 rings (SSSR count). The minimum Gasteiger partial charge on any atom is -0.373 e. The number of hydrazine groups is 1. The molecule has 3 atom stereocenters. The highest BCUT2D eigenvalue weighted by Gasteiger charge is 2.28. The highest BCUT2D eigenvalue weighted by atomic mass is 16.5. The van der Waals surface area contributed by atoms with Crippen molar-refractivity contribution in [2.75, 3.05) is 13.1 Å². The van der Waals surface area contributed by atoms with Crippen molar-refractivity contribution in [3.63, 3.8) is 0 Å². The molecule has 3 N–H and O–H groups in total. The summed E-state index contributed by atoms with van der Waals surface area (Å²) in [5, 5.41) is 0. The third kappa shape index (κ3) is 2.67. The first-order chi connectivity index (χ1) is 6.54. The van der Waals surface area contributed by atoms with E-state index in [1.54, 1.807) is 0 Å². The van der Waals surface area contributed by atoms with Crippen molar-refractivity contribution in [2.45, 2.75) is 39.0 Å². The van der Waals surface area contributed by atoms with Gasteiger partial charge in [-0.25, -0.2) is 5.84 Å². The standard InChI is InChI=1S/C9H19N3O2/c1-6-4-12(5-7(2)14-6)8(3)9(13)11-10/h6-8H,4-5,10H2,1-3H3,(H,11,13)/t6-,7-,8+/m0/s1. The molecule has 1 fully saturated rings. The SMILES string of the molecule is C[C@H](C(=O)NN)N1C[C@H](C)O[C@@H](C)C1. The summed E-state index contributed by atoms with van der Waals surface area (Å²) in [4.78, 5) is 13.4. The molecule has 14 heavy (non-hydrogen) atoms. The third-order valence-corrected chi connectivity index (χ3v) is 2.52. The summed E-state index contributed by atoms with van der Waals surface area (Å²) < 4.78 is 5.58. The Morgan fingerprint density at radius 2 is 2.00 bits per heavy atom. The van der Waals surface area contributed by atoms with Crippen molar-refractivity contribution in [1.82, 2.24) is 10.3 Å². The fourth-order valence-electron chi connectivity index (χ4n) is 1.82. The fourth-order valence-corrected chi connectivity index (χ4v) is 1.82. The van der Waals surface area contributed by atoms with Gasteiger partial charge in [-0.15, -0.1) is 0 Å². The lowest BCUT2D eigenvalue weighted by atomic mass is 10.1. The molecule has 0 bridgehead atoms. The Morgan fingerprint density at radius 1 is 1.50 bits per heavy atom. The second kappa shape index (κ2) is 4.72. The van der Waals surface area contributed by atoms with Gasteiger partial charge in [-0.05, 0) is 20.8 Å². The Kier molecular flexibility index (Phi) is 3.86. The summed E-state index contributed by atoms with van der Waals surface area (Å²) in [6.45, 7) is 7.43. The topological polar surface area (TPSA) is 67.6 Å². The van der Waals surface area contributed by atoms with Crippen molar-refractivity contribution < 1.29 is 9.53 Å². The predicted octanol–water partition coefficient (Wildman–Crippen LogP) is -0.526. The Morgan fingerprint density at radius 3 is 2.43 bits per heavy atom. The van der Waals surface area contributed by atoms with Gasteiger partial charge < -0.3 is 4.74 Å². The van der Waals surface area contributed by atoms with Gasteiger partial charge in [0.15, 0.2) is 0 Å². The Hall–Kier alpha value is -0.650. The highest BCUT2D eigenvalue weighted by molar-refractivity contribution is 5.80. The molecule has 1 saturated heterocycles. The zero-order valence-corrected chi connectivity index (χ0v) is 8.99. The van der Waals surface area contributed by atoms with E-state index in [4.69, 9.17) is 10.6 Å². The number of rotatable bonds is 2. The number of nitrogens with zero attached hydrogens (tertiary/aromatic N) is 1.